The van der Waals surface area contributed by atoms with Gasteiger partial charge >= 0.3 is 6.09 Å². The fourth-order valence-corrected chi connectivity index (χ4v) is 3.30. The molecule has 0 fully saturated rings. The molecule has 142 valence electrons. The van der Waals surface area contributed by atoms with Crippen LogP contribution in [0.2, 0.25) is 0 Å². The molecule has 1 unspecified atom stereocenters. The molecule has 0 saturated carbocycles. The fourth-order valence-electron chi connectivity index (χ4n) is 3.07. The van der Waals surface area contributed by atoms with Gasteiger partial charge in [-0.15, -0.1) is 0 Å². The van der Waals surface area contributed by atoms with Gasteiger partial charge in [0.15, 0.2) is 0 Å². The van der Waals surface area contributed by atoms with Crippen molar-refractivity contribution in [2.75, 3.05) is 4.42 Å². The van der Waals surface area contributed by atoms with Gasteiger partial charge in [0.1, 0.15) is 11.6 Å². The molecule has 1 atom stereocenters. The first-order chi connectivity index (χ1) is 12.8. The number of amides is 2. The van der Waals surface area contributed by atoms with E-state index in [2.05, 4.69) is 0 Å². The van der Waals surface area contributed by atoms with Gasteiger partial charge < -0.3 is 4.74 Å². The Labute approximate surface area is 164 Å². The van der Waals surface area contributed by atoms with Crippen molar-refractivity contribution in [1.29, 1.82) is 0 Å². The third-order valence-corrected chi connectivity index (χ3v) is 4.70. The number of benzene rings is 2. The van der Waals surface area contributed by atoms with Crippen LogP contribution in [0.3, 0.4) is 0 Å². The molecule has 0 saturated heterocycles. The Bertz CT molecular complexity index is 833. The zero-order chi connectivity index (χ0) is 19.6. The van der Waals surface area contributed by atoms with Gasteiger partial charge in [0, 0.05) is 18.2 Å². The van der Waals surface area contributed by atoms with Crippen molar-refractivity contribution >= 4 is 29.5 Å². The van der Waals surface area contributed by atoms with Crippen molar-refractivity contribution in [3.63, 3.8) is 0 Å². The van der Waals surface area contributed by atoms with Crippen LogP contribution in [0.25, 0.3) is 0 Å². The maximum absolute atomic E-state index is 13.1. The van der Waals surface area contributed by atoms with Crippen LogP contribution in [0.15, 0.2) is 54.6 Å². The molecule has 6 heteroatoms. The number of anilines is 1. The number of nitrogens with zero attached hydrogens (tertiary/aromatic N) is 2. The van der Waals surface area contributed by atoms with Crippen molar-refractivity contribution in [2.45, 2.75) is 45.4 Å². The number of halogens is 1. The quantitative estimate of drug-likeness (QED) is 0.712. The first-order valence-corrected chi connectivity index (χ1v) is 9.21. The number of rotatable bonds is 2. The van der Waals surface area contributed by atoms with Crippen LogP contribution in [-0.4, -0.2) is 28.5 Å². The monoisotopic (exact) mass is 386 g/mol. The molecule has 0 aromatic heterocycles. The minimum atomic E-state index is -0.729. The van der Waals surface area contributed by atoms with Gasteiger partial charge in [-0.05, 0) is 44.0 Å². The molecule has 27 heavy (non-hydrogen) atoms. The second kappa shape index (κ2) is 7.61. The van der Waals surface area contributed by atoms with Gasteiger partial charge in [0.25, 0.3) is 5.91 Å². The molecule has 0 aliphatic carbocycles. The SMILES string of the molecule is CC(C)(C)OC(=O)N1Cc2ccccc2CC1C(=O)N(Cl)c1ccccc1. The molecule has 1 heterocycles. The molecule has 1 aliphatic rings. The highest BCUT2D eigenvalue weighted by Gasteiger charge is 2.39. The van der Waals surface area contributed by atoms with E-state index in [-0.39, 0.29) is 5.91 Å². The highest BCUT2D eigenvalue weighted by molar-refractivity contribution is 6.37. The van der Waals surface area contributed by atoms with E-state index in [0.29, 0.717) is 18.7 Å². The highest BCUT2D eigenvalue weighted by Crippen LogP contribution is 2.28. The second-order valence-corrected chi connectivity index (χ2v) is 7.89. The van der Waals surface area contributed by atoms with Gasteiger partial charge in [-0.1, -0.05) is 42.5 Å². The Hall–Kier alpha value is -2.53. The predicted octanol–water partition coefficient (Wildman–Crippen LogP) is 4.54. The molecule has 2 aromatic rings. The minimum absolute atomic E-state index is 0.307. The average molecular weight is 387 g/mol. The number of ether oxygens (including phenoxy) is 1. The smallest absolute Gasteiger partial charge is 0.411 e. The highest BCUT2D eigenvalue weighted by atomic mass is 35.5. The standard InChI is InChI=1S/C21H23ClN2O3/c1-21(2,3)27-20(26)23-14-16-10-8-7-9-15(16)13-18(23)19(25)24(22)17-11-5-4-6-12-17/h4-12,18H,13-14H2,1-3H3. The number of carbonyl (C=O) groups excluding carboxylic acids is 2. The molecule has 5 nitrogen and oxygen atoms in total. The Morgan fingerprint density at radius 3 is 2.26 bits per heavy atom. The summed E-state index contributed by atoms with van der Waals surface area (Å²) in [5.41, 5.74) is 1.95. The summed E-state index contributed by atoms with van der Waals surface area (Å²) >= 11 is 6.33. The second-order valence-electron chi connectivity index (χ2n) is 7.55. The lowest BCUT2D eigenvalue weighted by Crippen LogP contribution is -2.53. The molecule has 3 rings (SSSR count). The average Bonchev–Trinajstić information content (AvgIpc) is 2.65. The Morgan fingerprint density at radius 2 is 1.63 bits per heavy atom. The van der Waals surface area contributed by atoms with Crippen LogP contribution >= 0.6 is 11.8 Å². The van der Waals surface area contributed by atoms with Gasteiger partial charge in [0.05, 0.1) is 12.2 Å². The number of hydrogen-bond donors (Lipinski definition) is 0. The third-order valence-electron chi connectivity index (χ3n) is 4.34. The van der Waals surface area contributed by atoms with Gasteiger partial charge in [-0.2, -0.15) is 0 Å². The Balaban J connectivity index is 1.91. The van der Waals surface area contributed by atoms with E-state index >= 15 is 0 Å². The number of carbonyl (C=O) groups is 2. The van der Waals surface area contributed by atoms with Crippen molar-refractivity contribution in [3.05, 3.63) is 65.7 Å². The zero-order valence-electron chi connectivity index (χ0n) is 15.7. The lowest BCUT2D eigenvalue weighted by molar-refractivity contribution is -0.123. The van der Waals surface area contributed by atoms with Crippen molar-refractivity contribution in [3.8, 4) is 0 Å². The maximum Gasteiger partial charge on any atom is 0.411 e. The first kappa shape index (κ1) is 19.2. The normalized spacial score (nSPS) is 16.4. The third kappa shape index (κ3) is 4.42. The maximum atomic E-state index is 13.1. The molecule has 2 aromatic carbocycles. The lowest BCUT2D eigenvalue weighted by Gasteiger charge is -2.37. The summed E-state index contributed by atoms with van der Waals surface area (Å²) in [5, 5.41) is 0. The molecule has 0 N–H and O–H groups in total. The molecule has 0 radical (unpaired) electrons. The van der Waals surface area contributed by atoms with Gasteiger partial charge in [0.2, 0.25) is 0 Å². The summed E-state index contributed by atoms with van der Waals surface area (Å²) in [5.74, 6) is -0.358. The van der Waals surface area contributed by atoms with Crippen molar-refractivity contribution < 1.29 is 14.3 Å². The molecular formula is C21H23ClN2O3. The van der Waals surface area contributed by atoms with Crippen LogP contribution < -0.4 is 4.42 Å². The summed E-state index contributed by atoms with van der Waals surface area (Å²) in [6, 6.07) is 16.0. The van der Waals surface area contributed by atoms with E-state index in [0.717, 1.165) is 15.5 Å². The van der Waals surface area contributed by atoms with Crippen LogP contribution in [-0.2, 0) is 22.5 Å². The minimum Gasteiger partial charge on any atom is -0.444 e. The van der Waals surface area contributed by atoms with Crippen molar-refractivity contribution in [1.82, 2.24) is 4.90 Å². The van der Waals surface area contributed by atoms with Crippen LogP contribution in [0.1, 0.15) is 31.9 Å². The summed E-state index contributed by atoms with van der Waals surface area (Å²) < 4.78 is 6.61. The van der Waals surface area contributed by atoms with E-state index in [1.807, 2.05) is 30.3 Å². The van der Waals surface area contributed by atoms with E-state index in [9.17, 15) is 9.59 Å². The van der Waals surface area contributed by atoms with Crippen LogP contribution in [0, 0.1) is 0 Å². The van der Waals surface area contributed by atoms with Crippen LogP contribution in [0.4, 0.5) is 10.5 Å². The number of hydrogen-bond acceptors (Lipinski definition) is 3. The zero-order valence-corrected chi connectivity index (χ0v) is 16.4. The summed E-state index contributed by atoms with van der Waals surface area (Å²) in [7, 11) is 0. The largest absolute Gasteiger partial charge is 0.444 e. The van der Waals surface area contributed by atoms with Gasteiger partial charge in [-0.3, -0.25) is 9.69 Å². The molecule has 2 amide bonds. The summed E-state index contributed by atoms with van der Waals surface area (Å²) in [6.07, 6.45) is -0.127. The Morgan fingerprint density at radius 1 is 1.04 bits per heavy atom. The summed E-state index contributed by atoms with van der Waals surface area (Å²) in [4.78, 5) is 27.4. The van der Waals surface area contributed by atoms with E-state index < -0.39 is 17.7 Å². The molecule has 1 aliphatic heterocycles. The number of para-hydroxylation sites is 1. The number of fused-ring (bicyclic) bond motifs is 1. The Kier molecular flexibility index (Phi) is 5.42. The lowest BCUT2D eigenvalue weighted by atomic mass is 9.93. The van der Waals surface area contributed by atoms with E-state index in [1.165, 1.54) is 4.90 Å². The molecular weight excluding hydrogens is 364 g/mol. The first-order valence-electron chi connectivity index (χ1n) is 8.87. The molecule has 0 bridgehead atoms. The van der Waals surface area contributed by atoms with Crippen molar-refractivity contribution in [2.24, 2.45) is 0 Å². The van der Waals surface area contributed by atoms with Gasteiger partial charge in [-0.25, -0.2) is 9.21 Å². The summed E-state index contributed by atoms with van der Waals surface area (Å²) in [6.45, 7) is 5.72. The van der Waals surface area contributed by atoms with E-state index in [4.69, 9.17) is 16.5 Å². The molecule has 0 spiro atoms. The topological polar surface area (TPSA) is 49.9 Å². The predicted molar refractivity (Wildman–Crippen MR) is 105 cm³/mol. The van der Waals surface area contributed by atoms with E-state index in [1.54, 1.807) is 45.0 Å². The fraction of sp³-hybridized carbons (Fsp3) is 0.333. The van der Waals surface area contributed by atoms with Crippen LogP contribution in [0.5, 0.6) is 0 Å².